The lowest BCUT2D eigenvalue weighted by molar-refractivity contribution is -0.138. The van der Waals surface area contributed by atoms with Crippen molar-refractivity contribution in [1.29, 1.82) is 0 Å². The van der Waals surface area contributed by atoms with E-state index in [1.54, 1.807) is 6.07 Å². The number of carbonyl (C=O) groups excluding carboxylic acids is 1. The van der Waals surface area contributed by atoms with Gasteiger partial charge >= 0.3 is 0 Å². The molecule has 0 radical (unpaired) electrons. The molecule has 1 aromatic heterocycles. The van der Waals surface area contributed by atoms with E-state index in [0.29, 0.717) is 18.3 Å². The fraction of sp³-hybridized carbons (Fsp3) is 0.773. The molecule has 28 heavy (non-hydrogen) atoms. The van der Waals surface area contributed by atoms with Crippen LogP contribution < -0.4 is 5.56 Å². The van der Waals surface area contributed by atoms with Gasteiger partial charge in [-0.15, -0.1) is 0 Å². The number of H-pyrrole nitrogens is 1. The number of piperidine rings is 2. The smallest absolute Gasteiger partial charge is 0.251 e. The zero-order valence-corrected chi connectivity index (χ0v) is 17.2. The number of hydrogen-bond donors (Lipinski definition) is 1. The number of rotatable bonds is 3. The predicted octanol–water partition coefficient (Wildman–Crippen LogP) is 2.83. The van der Waals surface area contributed by atoms with E-state index in [2.05, 4.69) is 14.9 Å². The quantitative estimate of drug-likeness (QED) is 0.867. The predicted molar refractivity (Wildman–Crippen MR) is 109 cm³/mol. The van der Waals surface area contributed by atoms with Crippen molar-refractivity contribution in [3.63, 3.8) is 0 Å². The maximum absolute atomic E-state index is 13.2. The molecule has 1 atom stereocenters. The molecule has 2 saturated heterocycles. The van der Waals surface area contributed by atoms with Gasteiger partial charge in [0.15, 0.2) is 0 Å². The van der Waals surface area contributed by atoms with Crippen molar-refractivity contribution in [1.82, 2.24) is 19.8 Å². The molecule has 1 saturated carbocycles. The van der Waals surface area contributed by atoms with Gasteiger partial charge in [-0.3, -0.25) is 9.59 Å². The number of nitrogens with one attached hydrogen (secondary N) is 1. The van der Waals surface area contributed by atoms with Crippen molar-refractivity contribution in [2.45, 2.75) is 76.7 Å². The Morgan fingerprint density at radius 2 is 1.79 bits per heavy atom. The molecule has 6 heteroatoms. The molecule has 0 unspecified atom stereocenters. The molecule has 154 valence electrons. The van der Waals surface area contributed by atoms with Gasteiger partial charge in [-0.2, -0.15) is 0 Å². The van der Waals surface area contributed by atoms with E-state index < -0.39 is 0 Å². The van der Waals surface area contributed by atoms with Crippen LogP contribution in [0.15, 0.2) is 10.9 Å². The lowest BCUT2D eigenvalue weighted by Crippen LogP contribution is -2.48. The van der Waals surface area contributed by atoms with E-state index >= 15 is 0 Å². The summed E-state index contributed by atoms with van der Waals surface area (Å²) in [7, 11) is 0. The van der Waals surface area contributed by atoms with E-state index in [1.807, 2.05) is 11.8 Å². The van der Waals surface area contributed by atoms with Gasteiger partial charge < -0.3 is 14.8 Å². The van der Waals surface area contributed by atoms with Crippen LogP contribution in [0, 0.1) is 12.8 Å². The van der Waals surface area contributed by atoms with Gasteiger partial charge in [0.05, 0.1) is 5.69 Å². The molecule has 6 nitrogen and oxygen atoms in total. The van der Waals surface area contributed by atoms with Gasteiger partial charge in [0.1, 0.15) is 5.82 Å². The number of aryl methyl sites for hydroxylation is 1. The molecule has 0 bridgehead atoms. The van der Waals surface area contributed by atoms with Crippen LogP contribution >= 0.6 is 0 Å². The lowest BCUT2D eigenvalue weighted by Gasteiger charge is -2.41. The van der Waals surface area contributed by atoms with E-state index in [-0.39, 0.29) is 17.4 Å². The fourth-order valence-electron chi connectivity index (χ4n) is 5.45. The van der Waals surface area contributed by atoms with Gasteiger partial charge in [-0.25, -0.2) is 4.98 Å². The fourth-order valence-corrected chi connectivity index (χ4v) is 5.45. The second kappa shape index (κ2) is 8.76. The van der Waals surface area contributed by atoms with E-state index in [9.17, 15) is 9.59 Å². The van der Waals surface area contributed by atoms with Gasteiger partial charge in [0.25, 0.3) is 5.56 Å². The van der Waals surface area contributed by atoms with Crippen LogP contribution in [0.3, 0.4) is 0 Å². The molecular weight excluding hydrogens is 352 g/mol. The highest BCUT2D eigenvalue weighted by Gasteiger charge is 2.34. The highest BCUT2D eigenvalue weighted by atomic mass is 16.2. The Bertz CT molecular complexity index is 732. The molecule has 1 aliphatic carbocycles. The topological polar surface area (TPSA) is 69.3 Å². The Kier molecular flexibility index (Phi) is 6.14. The summed E-state index contributed by atoms with van der Waals surface area (Å²) in [6.45, 7) is 5.52. The first-order valence-electron chi connectivity index (χ1n) is 11.2. The number of nitrogens with zero attached hydrogens (tertiary/aromatic N) is 3. The monoisotopic (exact) mass is 386 g/mol. The van der Waals surface area contributed by atoms with Crippen LogP contribution in [-0.4, -0.2) is 57.9 Å². The maximum Gasteiger partial charge on any atom is 0.251 e. The number of carbonyl (C=O) groups is 1. The molecule has 0 spiro atoms. The minimum atomic E-state index is -0.0963. The SMILES string of the molecule is Cc1nc([C@H]2CCCN(C(=O)C3CCN(C4CCCCC4)CC3)C2)cc(=O)[nH]1. The van der Waals surface area contributed by atoms with Crippen LogP contribution in [0.4, 0.5) is 0 Å². The van der Waals surface area contributed by atoms with E-state index in [4.69, 9.17) is 0 Å². The molecule has 3 fully saturated rings. The third-order valence-electron chi connectivity index (χ3n) is 7.00. The Hall–Kier alpha value is -1.69. The van der Waals surface area contributed by atoms with E-state index in [0.717, 1.165) is 57.1 Å². The number of amides is 1. The summed E-state index contributed by atoms with van der Waals surface area (Å²) in [5, 5.41) is 0. The largest absolute Gasteiger partial charge is 0.342 e. The van der Waals surface area contributed by atoms with Crippen molar-refractivity contribution in [2.24, 2.45) is 5.92 Å². The Morgan fingerprint density at radius 1 is 1.04 bits per heavy atom. The zero-order valence-electron chi connectivity index (χ0n) is 17.2. The number of likely N-dealkylation sites (tertiary alicyclic amines) is 2. The number of aromatic nitrogens is 2. The Morgan fingerprint density at radius 3 is 2.50 bits per heavy atom. The third kappa shape index (κ3) is 4.48. The number of hydrogen-bond acceptors (Lipinski definition) is 4. The van der Waals surface area contributed by atoms with Crippen LogP contribution in [-0.2, 0) is 4.79 Å². The summed E-state index contributed by atoms with van der Waals surface area (Å²) in [6, 6.07) is 2.36. The molecular formula is C22H34N4O2. The van der Waals surface area contributed by atoms with Gasteiger partial charge in [0, 0.05) is 37.0 Å². The molecule has 1 N–H and O–H groups in total. The van der Waals surface area contributed by atoms with Crippen LogP contribution in [0.5, 0.6) is 0 Å². The average Bonchev–Trinajstić information content (AvgIpc) is 2.73. The van der Waals surface area contributed by atoms with Crippen molar-refractivity contribution in [3.05, 3.63) is 27.9 Å². The summed E-state index contributed by atoms with van der Waals surface area (Å²) < 4.78 is 0. The molecule has 3 heterocycles. The van der Waals surface area contributed by atoms with Crippen molar-refractivity contribution < 1.29 is 4.79 Å². The summed E-state index contributed by atoms with van der Waals surface area (Å²) in [5.74, 6) is 1.34. The molecule has 3 aliphatic rings. The van der Waals surface area contributed by atoms with Crippen LogP contribution in [0.25, 0.3) is 0 Å². The summed E-state index contributed by atoms with van der Waals surface area (Å²) in [4.78, 5) is 36.9. The highest BCUT2D eigenvalue weighted by Crippen LogP contribution is 2.30. The van der Waals surface area contributed by atoms with Gasteiger partial charge in [-0.05, 0) is 58.5 Å². The van der Waals surface area contributed by atoms with Crippen molar-refractivity contribution in [3.8, 4) is 0 Å². The second-order valence-corrected chi connectivity index (χ2v) is 8.98. The molecule has 2 aliphatic heterocycles. The maximum atomic E-state index is 13.2. The first kappa shape index (κ1) is 19.6. The summed E-state index contributed by atoms with van der Waals surface area (Å²) >= 11 is 0. The summed E-state index contributed by atoms with van der Waals surface area (Å²) in [5.41, 5.74) is 0.743. The molecule has 4 rings (SSSR count). The Labute approximate surface area is 167 Å². The molecule has 0 aromatic carbocycles. The van der Waals surface area contributed by atoms with E-state index in [1.165, 1.54) is 32.1 Å². The van der Waals surface area contributed by atoms with Crippen molar-refractivity contribution in [2.75, 3.05) is 26.2 Å². The summed E-state index contributed by atoms with van der Waals surface area (Å²) in [6.07, 6.45) is 10.8. The minimum absolute atomic E-state index is 0.0963. The van der Waals surface area contributed by atoms with Crippen LogP contribution in [0.2, 0.25) is 0 Å². The zero-order chi connectivity index (χ0) is 19.5. The normalized spacial score (nSPS) is 25.8. The Balaban J connectivity index is 1.34. The van der Waals surface area contributed by atoms with Gasteiger partial charge in [0.2, 0.25) is 5.91 Å². The lowest BCUT2D eigenvalue weighted by atomic mass is 9.88. The van der Waals surface area contributed by atoms with Gasteiger partial charge in [-0.1, -0.05) is 19.3 Å². The minimum Gasteiger partial charge on any atom is -0.342 e. The van der Waals surface area contributed by atoms with Crippen molar-refractivity contribution >= 4 is 5.91 Å². The number of aromatic amines is 1. The average molecular weight is 387 g/mol. The standard InChI is InChI=1S/C22H34N4O2/c1-16-23-20(14-21(27)24-16)18-6-5-11-26(15-18)22(28)17-9-12-25(13-10-17)19-7-3-2-4-8-19/h14,17-19H,2-13,15H2,1H3,(H,23,24,27)/t18-/m0/s1. The molecule has 1 amide bonds. The molecule has 1 aromatic rings. The highest BCUT2D eigenvalue weighted by molar-refractivity contribution is 5.79. The van der Waals surface area contributed by atoms with Crippen LogP contribution in [0.1, 0.15) is 75.2 Å². The first-order chi connectivity index (χ1) is 13.6. The third-order valence-corrected chi connectivity index (χ3v) is 7.00. The first-order valence-corrected chi connectivity index (χ1v) is 11.2. The second-order valence-electron chi connectivity index (χ2n) is 8.98.